The molecule has 0 aliphatic rings. The summed E-state index contributed by atoms with van der Waals surface area (Å²) in [4.78, 5) is 26.1. The van der Waals surface area contributed by atoms with E-state index in [9.17, 15) is 14.9 Å². The van der Waals surface area contributed by atoms with Gasteiger partial charge in [-0.05, 0) is 18.2 Å². The lowest BCUT2D eigenvalue weighted by atomic mass is 10.2. The molecule has 0 bridgehead atoms. The molecular weight excluding hydrogens is 298 g/mol. The summed E-state index contributed by atoms with van der Waals surface area (Å²) >= 11 is 5.70. The fraction of sp³-hybridized carbons (Fsp3) is 0. The number of hydrogen-bond acceptors (Lipinski definition) is 6. The minimum atomic E-state index is -0.630. The Balaban J connectivity index is 2.28. The average molecular weight is 308 g/mol. The molecule has 1 aromatic heterocycles. The Morgan fingerprint density at radius 2 is 2.14 bits per heavy atom. The van der Waals surface area contributed by atoms with E-state index in [2.05, 4.69) is 15.7 Å². The first-order chi connectivity index (χ1) is 10.0. The van der Waals surface area contributed by atoms with E-state index in [1.165, 1.54) is 36.7 Å². The molecule has 108 valence electrons. The van der Waals surface area contributed by atoms with Crippen LogP contribution >= 0.6 is 11.6 Å². The minimum Gasteiger partial charge on any atom is -0.323 e. The lowest BCUT2D eigenvalue weighted by Gasteiger charge is -2.09. The van der Waals surface area contributed by atoms with Crippen LogP contribution in [0.25, 0.3) is 0 Å². The van der Waals surface area contributed by atoms with E-state index >= 15 is 0 Å². The molecule has 0 saturated heterocycles. The van der Waals surface area contributed by atoms with Crippen molar-refractivity contribution in [2.75, 3.05) is 10.7 Å². The molecule has 0 radical (unpaired) electrons. The molecule has 0 atom stereocenters. The number of halogens is 1. The summed E-state index contributed by atoms with van der Waals surface area (Å²) in [6, 6.07) is 5.49. The first-order valence-electron chi connectivity index (χ1n) is 5.69. The maximum absolute atomic E-state index is 12.1. The van der Waals surface area contributed by atoms with Gasteiger partial charge in [-0.2, -0.15) is 0 Å². The molecule has 9 heteroatoms. The maximum atomic E-state index is 12.1. The molecule has 0 unspecified atom stereocenters. The predicted octanol–water partition coefficient (Wildman–Crippen LogP) is 2.18. The van der Waals surface area contributed by atoms with Gasteiger partial charge < -0.3 is 10.7 Å². The number of nitrogens with two attached hydrogens (primary N) is 1. The average Bonchev–Trinajstić information content (AvgIpc) is 2.48. The van der Waals surface area contributed by atoms with Crippen LogP contribution in [0, 0.1) is 10.1 Å². The van der Waals surface area contributed by atoms with Crippen LogP contribution in [0.15, 0.2) is 36.7 Å². The van der Waals surface area contributed by atoms with Crippen LogP contribution in [0.3, 0.4) is 0 Å². The quantitative estimate of drug-likeness (QED) is 0.452. The highest BCUT2D eigenvalue weighted by molar-refractivity contribution is 6.32. The molecule has 0 aliphatic carbocycles. The molecule has 1 amide bonds. The number of carbonyl (C=O) groups excluding carboxylic acids is 1. The van der Waals surface area contributed by atoms with Gasteiger partial charge in [0.15, 0.2) is 0 Å². The molecule has 0 spiro atoms. The van der Waals surface area contributed by atoms with Gasteiger partial charge in [0.05, 0.1) is 16.2 Å². The summed E-state index contributed by atoms with van der Waals surface area (Å²) in [6.07, 6.45) is 2.80. The highest BCUT2D eigenvalue weighted by Gasteiger charge is 2.16. The van der Waals surface area contributed by atoms with Crippen molar-refractivity contribution in [1.29, 1.82) is 0 Å². The van der Waals surface area contributed by atoms with Crippen LogP contribution < -0.4 is 16.6 Å². The second kappa shape index (κ2) is 6.16. The monoisotopic (exact) mass is 307 g/mol. The van der Waals surface area contributed by atoms with E-state index < -0.39 is 10.8 Å². The van der Waals surface area contributed by atoms with Crippen molar-refractivity contribution < 1.29 is 9.72 Å². The highest BCUT2D eigenvalue weighted by Crippen LogP contribution is 2.27. The highest BCUT2D eigenvalue weighted by atomic mass is 35.5. The number of nitrogens with one attached hydrogen (secondary N) is 2. The van der Waals surface area contributed by atoms with Crippen molar-refractivity contribution in [2.24, 2.45) is 5.84 Å². The molecule has 0 aliphatic heterocycles. The lowest BCUT2D eigenvalue weighted by molar-refractivity contribution is -0.384. The number of nitro benzene ring substituents is 1. The number of rotatable bonds is 4. The van der Waals surface area contributed by atoms with Crippen molar-refractivity contribution in [3.05, 3.63) is 57.4 Å². The maximum Gasteiger partial charge on any atom is 0.289 e. The summed E-state index contributed by atoms with van der Waals surface area (Å²) < 4.78 is 0. The summed E-state index contributed by atoms with van der Waals surface area (Å²) in [5.41, 5.74) is 2.90. The van der Waals surface area contributed by atoms with Gasteiger partial charge in [-0.1, -0.05) is 11.6 Å². The van der Waals surface area contributed by atoms with E-state index in [0.29, 0.717) is 5.69 Å². The minimum absolute atomic E-state index is 0.0105. The number of aromatic nitrogens is 1. The Kier molecular flexibility index (Phi) is 4.31. The zero-order valence-electron chi connectivity index (χ0n) is 10.5. The first-order valence-corrected chi connectivity index (χ1v) is 6.06. The number of carbonyl (C=O) groups is 1. The Labute approximate surface area is 124 Å². The lowest BCUT2D eigenvalue weighted by Crippen LogP contribution is -2.17. The SMILES string of the molecule is NNc1ccncc1C(=O)Nc1ccc(Cl)c([N+](=O)[O-])c1. The summed E-state index contributed by atoms with van der Waals surface area (Å²) in [5.74, 6) is 4.79. The van der Waals surface area contributed by atoms with Crippen molar-refractivity contribution >= 4 is 34.6 Å². The molecule has 2 rings (SSSR count). The van der Waals surface area contributed by atoms with Gasteiger partial charge >= 0.3 is 0 Å². The molecule has 0 saturated carbocycles. The zero-order chi connectivity index (χ0) is 15.4. The van der Waals surface area contributed by atoms with E-state index in [1.54, 1.807) is 0 Å². The third kappa shape index (κ3) is 3.25. The number of hydrogen-bond donors (Lipinski definition) is 3. The molecule has 0 fully saturated rings. The molecule has 1 aromatic carbocycles. The van der Waals surface area contributed by atoms with Crippen LogP contribution in [0.5, 0.6) is 0 Å². The van der Waals surface area contributed by atoms with Crippen molar-refractivity contribution in [3.8, 4) is 0 Å². The number of nitro groups is 1. The summed E-state index contributed by atoms with van der Waals surface area (Å²) in [5, 5.41) is 13.3. The second-order valence-corrected chi connectivity index (χ2v) is 4.35. The standard InChI is InChI=1S/C12H10ClN5O3/c13-9-2-1-7(5-11(9)18(20)21)16-12(19)8-6-15-4-3-10(8)17-14/h1-6H,14H2,(H,15,17)(H,16,19). The van der Waals surface area contributed by atoms with E-state index in [1.807, 2.05) is 0 Å². The van der Waals surface area contributed by atoms with Crippen molar-refractivity contribution in [3.63, 3.8) is 0 Å². The Bertz CT molecular complexity index is 707. The van der Waals surface area contributed by atoms with Crippen LogP contribution in [-0.4, -0.2) is 15.8 Å². The number of amides is 1. The topological polar surface area (TPSA) is 123 Å². The number of hydrazine groups is 1. The van der Waals surface area contributed by atoms with Crippen molar-refractivity contribution in [2.45, 2.75) is 0 Å². The van der Waals surface area contributed by atoms with E-state index in [4.69, 9.17) is 17.4 Å². The number of pyridine rings is 1. The van der Waals surface area contributed by atoms with Crippen LogP contribution in [-0.2, 0) is 0 Å². The van der Waals surface area contributed by atoms with Gasteiger partial charge in [0.2, 0.25) is 0 Å². The van der Waals surface area contributed by atoms with Crippen LogP contribution in [0.4, 0.5) is 17.1 Å². The summed E-state index contributed by atoms with van der Waals surface area (Å²) in [7, 11) is 0. The molecule has 4 N–H and O–H groups in total. The molecular formula is C12H10ClN5O3. The van der Waals surface area contributed by atoms with Gasteiger partial charge in [0, 0.05) is 24.1 Å². The van der Waals surface area contributed by atoms with E-state index in [0.717, 1.165) is 0 Å². The molecule has 2 aromatic rings. The third-order valence-corrected chi connectivity index (χ3v) is 2.94. The number of nitrogen functional groups attached to an aromatic ring is 1. The van der Waals surface area contributed by atoms with Crippen LogP contribution in [0.2, 0.25) is 5.02 Å². The normalized spacial score (nSPS) is 10.0. The Hall–Kier alpha value is -2.71. The first kappa shape index (κ1) is 14.7. The fourth-order valence-corrected chi connectivity index (χ4v) is 1.82. The Morgan fingerprint density at radius 3 is 2.81 bits per heavy atom. The number of nitrogens with zero attached hydrogens (tertiary/aromatic N) is 2. The second-order valence-electron chi connectivity index (χ2n) is 3.94. The number of anilines is 2. The third-order valence-electron chi connectivity index (χ3n) is 2.62. The van der Waals surface area contributed by atoms with Gasteiger partial charge in [-0.25, -0.2) is 0 Å². The van der Waals surface area contributed by atoms with E-state index in [-0.39, 0.29) is 22.0 Å². The van der Waals surface area contributed by atoms with Crippen LogP contribution in [0.1, 0.15) is 10.4 Å². The van der Waals surface area contributed by atoms with Gasteiger partial charge in [0.25, 0.3) is 11.6 Å². The van der Waals surface area contributed by atoms with Crippen molar-refractivity contribution in [1.82, 2.24) is 4.98 Å². The molecule has 8 nitrogen and oxygen atoms in total. The molecule has 21 heavy (non-hydrogen) atoms. The fourth-order valence-electron chi connectivity index (χ4n) is 1.63. The van der Waals surface area contributed by atoms with Gasteiger partial charge in [0.1, 0.15) is 5.02 Å². The summed E-state index contributed by atoms with van der Waals surface area (Å²) in [6.45, 7) is 0. The zero-order valence-corrected chi connectivity index (χ0v) is 11.3. The van der Waals surface area contributed by atoms with Gasteiger partial charge in [-0.3, -0.25) is 25.7 Å². The smallest absolute Gasteiger partial charge is 0.289 e. The number of benzene rings is 1. The molecule has 1 heterocycles. The predicted molar refractivity (Wildman–Crippen MR) is 78.1 cm³/mol. The largest absolute Gasteiger partial charge is 0.323 e. The van der Waals surface area contributed by atoms with Gasteiger partial charge in [-0.15, -0.1) is 0 Å². The Morgan fingerprint density at radius 1 is 1.38 bits per heavy atom.